The Morgan fingerprint density at radius 2 is 1.30 bits per heavy atom. The number of carbonyl (C=O) groups is 2. The van der Waals surface area contributed by atoms with Crippen LogP contribution in [0.25, 0.3) is 0 Å². The lowest BCUT2D eigenvalue weighted by Crippen LogP contribution is -2.25. The van der Waals surface area contributed by atoms with Crippen molar-refractivity contribution in [3.05, 3.63) is 34.9 Å². The van der Waals surface area contributed by atoms with Crippen molar-refractivity contribution in [2.75, 3.05) is 0 Å². The Morgan fingerprint density at radius 1 is 0.900 bits per heavy atom. The van der Waals surface area contributed by atoms with E-state index in [0.29, 0.717) is 0 Å². The fourth-order valence-corrected chi connectivity index (χ4v) is 2.69. The van der Waals surface area contributed by atoms with Gasteiger partial charge in [0.2, 0.25) is 0 Å². The molecule has 0 aliphatic carbocycles. The van der Waals surface area contributed by atoms with Gasteiger partial charge in [0, 0.05) is 0 Å². The van der Waals surface area contributed by atoms with Crippen molar-refractivity contribution in [3.8, 4) is 0 Å². The molecule has 1 rings (SSSR count). The van der Waals surface area contributed by atoms with Crippen molar-refractivity contribution in [2.24, 2.45) is 5.41 Å². The molecule has 0 saturated carbocycles. The SMILES string of the molecule is CC(C)(C)CC(C)(C)c1cc(C(=O)O)cc(C(=O)O)c1. The third kappa shape index (κ3) is 4.08. The summed E-state index contributed by atoms with van der Waals surface area (Å²) in [5, 5.41) is 18.2. The highest BCUT2D eigenvalue weighted by Gasteiger charge is 2.28. The number of carboxylic acid groups (broad SMARTS) is 2. The van der Waals surface area contributed by atoms with Crippen LogP contribution in [0, 0.1) is 5.41 Å². The molecular weight excluding hydrogens is 256 g/mol. The van der Waals surface area contributed by atoms with Crippen molar-refractivity contribution >= 4 is 11.9 Å². The topological polar surface area (TPSA) is 74.6 Å². The Balaban J connectivity index is 3.36. The maximum atomic E-state index is 11.1. The number of aromatic carboxylic acids is 2. The fourth-order valence-electron chi connectivity index (χ4n) is 2.69. The van der Waals surface area contributed by atoms with Crippen LogP contribution in [0.2, 0.25) is 0 Å². The van der Waals surface area contributed by atoms with E-state index in [1.165, 1.54) is 6.07 Å². The first kappa shape index (κ1) is 16.2. The number of hydrogen-bond donors (Lipinski definition) is 2. The molecule has 1 aromatic rings. The van der Waals surface area contributed by atoms with Crippen LogP contribution in [0.1, 0.15) is 67.3 Å². The first-order valence-electron chi connectivity index (χ1n) is 6.54. The van der Waals surface area contributed by atoms with Gasteiger partial charge in [0.1, 0.15) is 0 Å². The van der Waals surface area contributed by atoms with E-state index < -0.39 is 11.9 Å². The molecule has 0 bridgehead atoms. The Kier molecular flexibility index (Phi) is 4.27. The van der Waals surface area contributed by atoms with E-state index in [2.05, 4.69) is 20.8 Å². The summed E-state index contributed by atoms with van der Waals surface area (Å²) in [6.07, 6.45) is 0.822. The summed E-state index contributed by atoms with van der Waals surface area (Å²) < 4.78 is 0. The minimum Gasteiger partial charge on any atom is -0.478 e. The highest BCUT2D eigenvalue weighted by atomic mass is 16.4. The van der Waals surface area contributed by atoms with Crippen LogP contribution < -0.4 is 0 Å². The van der Waals surface area contributed by atoms with Crippen LogP contribution in [0.15, 0.2) is 18.2 Å². The van der Waals surface area contributed by atoms with Gasteiger partial charge in [-0.15, -0.1) is 0 Å². The molecule has 0 spiro atoms. The molecule has 0 radical (unpaired) electrons. The Morgan fingerprint density at radius 3 is 1.60 bits per heavy atom. The molecule has 0 saturated heterocycles. The Labute approximate surface area is 119 Å². The minimum atomic E-state index is -1.11. The normalized spacial score (nSPS) is 12.2. The molecule has 1 aromatic carbocycles. The monoisotopic (exact) mass is 278 g/mol. The summed E-state index contributed by atoms with van der Waals surface area (Å²) in [6.45, 7) is 10.3. The van der Waals surface area contributed by atoms with E-state index in [1.807, 2.05) is 13.8 Å². The van der Waals surface area contributed by atoms with Crippen molar-refractivity contribution in [1.29, 1.82) is 0 Å². The smallest absolute Gasteiger partial charge is 0.335 e. The summed E-state index contributed by atoms with van der Waals surface area (Å²) in [5.74, 6) is -2.22. The lowest BCUT2D eigenvalue weighted by Gasteiger charge is -2.33. The zero-order valence-electron chi connectivity index (χ0n) is 12.7. The molecule has 0 aliphatic rings. The summed E-state index contributed by atoms with van der Waals surface area (Å²) >= 11 is 0. The van der Waals surface area contributed by atoms with E-state index in [1.54, 1.807) is 12.1 Å². The number of hydrogen-bond acceptors (Lipinski definition) is 2. The van der Waals surface area contributed by atoms with E-state index >= 15 is 0 Å². The third-order valence-corrected chi connectivity index (χ3v) is 3.18. The molecule has 4 heteroatoms. The fraction of sp³-hybridized carbons (Fsp3) is 0.500. The Bertz CT molecular complexity index is 504. The molecule has 0 heterocycles. The quantitative estimate of drug-likeness (QED) is 0.878. The van der Waals surface area contributed by atoms with Crippen molar-refractivity contribution in [3.63, 3.8) is 0 Å². The van der Waals surface area contributed by atoms with E-state index in [0.717, 1.165) is 12.0 Å². The van der Waals surface area contributed by atoms with Crippen molar-refractivity contribution in [1.82, 2.24) is 0 Å². The lowest BCUT2D eigenvalue weighted by atomic mass is 9.72. The first-order chi connectivity index (χ1) is 8.92. The molecule has 2 N–H and O–H groups in total. The van der Waals surface area contributed by atoms with Gasteiger partial charge >= 0.3 is 11.9 Å². The zero-order valence-corrected chi connectivity index (χ0v) is 12.7. The molecule has 4 nitrogen and oxygen atoms in total. The van der Waals surface area contributed by atoms with Crippen LogP contribution in [0.4, 0.5) is 0 Å². The summed E-state index contributed by atoms with van der Waals surface area (Å²) in [5.41, 5.74) is 0.536. The molecule has 0 atom stereocenters. The van der Waals surface area contributed by atoms with Crippen molar-refractivity contribution in [2.45, 2.75) is 46.5 Å². The third-order valence-electron chi connectivity index (χ3n) is 3.18. The van der Waals surface area contributed by atoms with Crippen LogP contribution in [0.5, 0.6) is 0 Å². The second kappa shape index (κ2) is 5.27. The largest absolute Gasteiger partial charge is 0.478 e. The maximum absolute atomic E-state index is 11.1. The number of carboxylic acids is 2. The molecule has 0 aliphatic heterocycles. The van der Waals surface area contributed by atoms with Gasteiger partial charge in [-0.25, -0.2) is 9.59 Å². The van der Waals surface area contributed by atoms with Gasteiger partial charge in [-0.3, -0.25) is 0 Å². The van der Waals surface area contributed by atoms with Crippen LogP contribution >= 0.6 is 0 Å². The van der Waals surface area contributed by atoms with Crippen LogP contribution in [0.3, 0.4) is 0 Å². The number of benzene rings is 1. The van der Waals surface area contributed by atoms with E-state index in [-0.39, 0.29) is 22.0 Å². The second-order valence-corrected chi connectivity index (χ2v) is 7.03. The van der Waals surface area contributed by atoms with Gasteiger partial charge in [0.25, 0.3) is 0 Å². The average Bonchev–Trinajstić information content (AvgIpc) is 2.25. The molecule has 0 unspecified atom stereocenters. The Hall–Kier alpha value is -1.84. The van der Waals surface area contributed by atoms with Gasteiger partial charge in [0.05, 0.1) is 11.1 Å². The molecule has 0 fully saturated rings. The molecule has 20 heavy (non-hydrogen) atoms. The molecule has 0 amide bonds. The molecular formula is C16H22O4. The van der Waals surface area contributed by atoms with Gasteiger partial charge in [-0.2, -0.15) is 0 Å². The number of rotatable bonds is 4. The average molecular weight is 278 g/mol. The highest BCUT2D eigenvalue weighted by Crippen LogP contribution is 2.36. The maximum Gasteiger partial charge on any atom is 0.335 e. The lowest BCUT2D eigenvalue weighted by molar-refractivity contribution is 0.0696. The van der Waals surface area contributed by atoms with Gasteiger partial charge in [0.15, 0.2) is 0 Å². The van der Waals surface area contributed by atoms with Crippen LogP contribution in [-0.2, 0) is 5.41 Å². The molecule has 110 valence electrons. The van der Waals surface area contributed by atoms with E-state index in [4.69, 9.17) is 10.2 Å². The van der Waals surface area contributed by atoms with Gasteiger partial charge in [-0.05, 0) is 41.0 Å². The summed E-state index contributed by atoms with van der Waals surface area (Å²) in [4.78, 5) is 22.3. The zero-order chi connectivity index (χ0) is 15.7. The highest BCUT2D eigenvalue weighted by molar-refractivity contribution is 5.94. The van der Waals surface area contributed by atoms with Gasteiger partial charge < -0.3 is 10.2 Å². The van der Waals surface area contributed by atoms with Crippen LogP contribution in [-0.4, -0.2) is 22.2 Å². The van der Waals surface area contributed by atoms with Crippen molar-refractivity contribution < 1.29 is 19.8 Å². The minimum absolute atomic E-state index is 0.0156. The predicted molar refractivity (Wildman–Crippen MR) is 77.5 cm³/mol. The molecule has 0 aromatic heterocycles. The predicted octanol–water partition coefficient (Wildman–Crippen LogP) is 3.80. The van der Waals surface area contributed by atoms with Gasteiger partial charge in [-0.1, -0.05) is 34.6 Å². The summed E-state index contributed by atoms with van der Waals surface area (Å²) in [7, 11) is 0. The summed E-state index contributed by atoms with van der Waals surface area (Å²) in [6, 6.07) is 4.34. The second-order valence-electron chi connectivity index (χ2n) is 7.03. The van der Waals surface area contributed by atoms with E-state index in [9.17, 15) is 9.59 Å². The standard InChI is InChI=1S/C16H22O4/c1-15(2,3)9-16(4,5)12-7-10(13(17)18)6-11(8-12)14(19)20/h6-8H,9H2,1-5H3,(H,17,18)(H,19,20). The first-order valence-corrected chi connectivity index (χ1v) is 6.54.